The summed E-state index contributed by atoms with van der Waals surface area (Å²) in [5.74, 6) is -0.691. The fraction of sp³-hybridized carbons (Fsp3) is 0.800. The zero-order valence-electron chi connectivity index (χ0n) is 9.02. The van der Waals surface area contributed by atoms with Crippen molar-refractivity contribution < 1.29 is 23.8 Å². The molecule has 5 heteroatoms. The van der Waals surface area contributed by atoms with E-state index in [-0.39, 0.29) is 30.8 Å². The maximum Gasteiger partial charge on any atom is 0.302 e. The lowest BCUT2D eigenvalue weighted by Crippen LogP contribution is -2.40. The van der Waals surface area contributed by atoms with Crippen molar-refractivity contribution >= 4 is 11.9 Å². The second-order valence-electron chi connectivity index (χ2n) is 3.50. The Morgan fingerprint density at radius 1 is 1.33 bits per heavy atom. The molecule has 0 radical (unpaired) electrons. The third-order valence-corrected chi connectivity index (χ3v) is 2.15. The molecule has 0 spiro atoms. The average Bonchev–Trinajstić information content (AvgIpc) is 2.15. The van der Waals surface area contributed by atoms with Gasteiger partial charge in [-0.15, -0.1) is 0 Å². The summed E-state index contributed by atoms with van der Waals surface area (Å²) in [5, 5.41) is 0. The van der Waals surface area contributed by atoms with Crippen molar-refractivity contribution in [2.24, 2.45) is 0 Å². The summed E-state index contributed by atoms with van der Waals surface area (Å²) in [4.78, 5) is 21.4. The van der Waals surface area contributed by atoms with Crippen LogP contribution in [0.3, 0.4) is 0 Å². The standard InChI is InChI=1S/C10H16O5/c1-7(11)14-6-10-9(15-8(2)12)4-3-5-13-10/h9-10H,3-6H2,1-2H3/t9-,10-/m0/s1. The molecule has 0 aromatic heterocycles. The molecule has 2 atom stereocenters. The quantitative estimate of drug-likeness (QED) is 0.648. The fourth-order valence-corrected chi connectivity index (χ4v) is 1.52. The van der Waals surface area contributed by atoms with E-state index in [1.54, 1.807) is 0 Å². The number of hydrogen-bond acceptors (Lipinski definition) is 5. The van der Waals surface area contributed by atoms with Crippen molar-refractivity contribution in [3.8, 4) is 0 Å². The van der Waals surface area contributed by atoms with Gasteiger partial charge in [-0.1, -0.05) is 0 Å². The van der Waals surface area contributed by atoms with Gasteiger partial charge in [0.25, 0.3) is 0 Å². The van der Waals surface area contributed by atoms with Gasteiger partial charge in [0.2, 0.25) is 0 Å². The molecule has 15 heavy (non-hydrogen) atoms. The summed E-state index contributed by atoms with van der Waals surface area (Å²) in [6.07, 6.45) is 0.988. The van der Waals surface area contributed by atoms with Gasteiger partial charge >= 0.3 is 11.9 Å². The van der Waals surface area contributed by atoms with Crippen LogP contribution in [0.4, 0.5) is 0 Å². The van der Waals surface area contributed by atoms with E-state index in [0.29, 0.717) is 6.61 Å². The summed E-state index contributed by atoms with van der Waals surface area (Å²) in [6, 6.07) is 0. The van der Waals surface area contributed by atoms with E-state index in [4.69, 9.17) is 14.2 Å². The van der Waals surface area contributed by atoms with Gasteiger partial charge in [0, 0.05) is 20.5 Å². The lowest BCUT2D eigenvalue weighted by atomic mass is 10.1. The lowest BCUT2D eigenvalue weighted by Gasteiger charge is -2.30. The van der Waals surface area contributed by atoms with E-state index in [9.17, 15) is 9.59 Å². The normalized spacial score (nSPS) is 25.7. The van der Waals surface area contributed by atoms with Gasteiger partial charge in [0.15, 0.2) is 0 Å². The third-order valence-electron chi connectivity index (χ3n) is 2.15. The second kappa shape index (κ2) is 5.70. The van der Waals surface area contributed by atoms with Crippen molar-refractivity contribution in [2.45, 2.75) is 38.9 Å². The van der Waals surface area contributed by atoms with Crippen LogP contribution in [0.25, 0.3) is 0 Å². The van der Waals surface area contributed by atoms with Crippen LogP contribution in [-0.4, -0.2) is 37.4 Å². The highest BCUT2D eigenvalue weighted by molar-refractivity contribution is 5.66. The molecule has 0 aliphatic carbocycles. The molecule has 5 nitrogen and oxygen atoms in total. The second-order valence-corrected chi connectivity index (χ2v) is 3.50. The Labute approximate surface area is 88.7 Å². The van der Waals surface area contributed by atoms with Gasteiger partial charge in [-0.25, -0.2) is 0 Å². The average molecular weight is 216 g/mol. The maximum absolute atomic E-state index is 10.8. The maximum atomic E-state index is 10.8. The topological polar surface area (TPSA) is 61.8 Å². The molecule has 1 rings (SSSR count). The molecule has 86 valence electrons. The first-order valence-corrected chi connectivity index (χ1v) is 5.02. The highest BCUT2D eigenvalue weighted by Crippen LogP contribution is 2.17. The van der Waals surface area contributed by atoms with Crippen LogP contribution in [0.15, 0.2) is 0 Å². The Morgan fingerprint density at radius 2 is 2.07 bits per heavy atom. The van der Waals surface area contributed by atoms with Crippen LogP contribution >= 0.6 is 0 Å². The molecular formula is C10H16O5. The number of carbonyl (C=O) groups is 2. The van der Waals surface area contributed by atoms with Crippen molar-refractivity contribution in [3.63, 3.8) is 0 Å². The molecule has 0 N–H and O–H groups in total. The van der Waals surface area contributed by atoms with Gasteiger partial charge in [-0.05, 0) is 12.8 Å². The Kier molecular flexibility index (Phi) is 4.55. The molecule has 0 bridgehead atoms. The van der Waals surface area contributed by atoms with E-state index < -0.39 is 0 Å². The van der Waals surface area contributed by atoms with Gasteiger partial charge in [-0.3, -0.25) is 9.59 Å². The Morgan fingerprint density at radius 3 is 2.67 bits per heavy atom. The van der Waals surface area contributed by atoms with E-state index in [1.165, 1.54) is 13.8 Å². The van der Waals surface area contributed by atoms with Gasteiger partial charge in [0.05, 0.1) is 0 Å². The van der Waals surface area contributed by atoms with Crippen LogP contribution in [0, 0.1) is 0 Å². The van der Waals surface area contributed by atoms with E-state index in [2.05, 4.69) is 0 Å². The predicted octanol–water partition coefficient (Wildman–Crippen LogP) is 0.660. The summed E-state index contributed by atoms with van der Waals surface area (Å²) in [6.45, 7) is 3.46. The lowest BCUT2D eigenvalue weighted by molar-refractivity contribution is -0.170. The minimum Gasteiger partial charge on any atom is -0.463 e. The zero-order valence-corrected chi connectivity index (χ0v) is 9.02. The summed E-state index contributed by atoms with van der Waals surface area (Å²) >= 11 is 0. The van der Waals surface area contributed by atoms with Gasteiger partial charge in [0.1, 0.15) is 18.8 Å². The third kappa shape index (κ3) is 4.29. The largest absolute Gasteiger partial charge is 0.463 e. The van der Waals surface area contributed by atoms with Crippen LogP contribution in [-0.2, 0) is 23.8 Å². The zero-order chi connectivity index (χ0) is 11.3. The molecule has 0 aromatic carbocycles. The molecule has 1 aliphatic heterocycles. The summed E-state index contributed by atoms with van der Waals surface area (Å²) < 4.78 is 15.3. The van der Waals surface area contributed by atoms with Crippen LogP contribution < -0.4 is 0 Å². The van der Waals surface area contributed by atoms with Crippen molar-refractivity contribution in [1.29, 1.82) is 0 Å². The van der Waals surface area contributed by atoms with Gasteiger partial charge < -0.3 is 14.2 Å². The van der Waals surface area contributed by atoms with E-state index >= 15 is 0 Å². The number of rotatable bonds is 3. The minimum atomic E-state index is -0.356. The molecular weight excluding hydrogens is 200 g/mol. The first kappa shape index (κ1) is 12.0. The molecule has 1 fully saturated rings. The molecule has 0 amide bonds. The number of carbonyl (C=O) groups excluding carboxylic acids is 2. The molecule has 0 unspecified atom stereocenters. The van der Waals surface area contributed by atoms with Crippen LogP contribution in [0.2, 0.25) is 0 Å². The number of hydrogen-bond donors (Lipinski definition) is 0. The molecule has 1 aliphatic rings. The first-order valence-electron chi connectivity index (χ1n) is 5.02. The first-order chi connectivity index (χ1) is 7.09. The minimum absolute atomic E-state index is 0.146. The molecule has 0 saturated carbocycles. The molecule has 0 aromatic rings. The number of esters is 2. The SMILES string of the molecule is CC(=O)OC[C@@H]1OCCC[C@@H]1OC(C)=O. The Balaban J connectivity index is 2.42. The van der Waals surface area contributed by atoms with Gasteiger partial charge in [-0.2, -0.15) is 0 Å². The summed E-state index contributed by atoms with van der Waals surface area (Å²) in [5.41, 5.74) is 0. The van der Waals surface area contributed by atoms with Crippen molar-refractivity contribution in [3.05, 3.63) is 0 Å². The highest BCUT2D eigenvalue weighted by atomic mass is 16.6. The predicted molar refractivity (Wildman–Crippen MR) is 51.2 cm³/mol. The van der Waals surface area contributed by atoms with Crippen LogP contribution in [0.5, 0.6) is 0 Å². The van der Waals surface area contributed by atoms with E-state index in [1.807, 2.05) is 0 Å². The molecule has 1 saturated heterocycles. The highest BCUT2D eigenvalue weighted by Gasteiger charge is 2.29. The van der Waals surface area contributed by atoms with E-state index in [0.717, 1.165) is 12.8 Å². The fourth-order valence-electron chi connectivity index (χ4n) is 1.52. The van der Waals surface area contributed by atoms with Crippen molar-refractivity contribution in [1.82, 2.24) is 0 Å². The van der Waals surface area contributed by atoms with Crippen LogP contribution in [0.1, 0.15) is 26.7 Å². The summed E-state index contributed by atoms with van der Waals surface area (Å²) in [7, 11) is 0. The molecule has 1 heterocycles. The smallest absolute Gasteiger partial charge is 0.302 e. The number of ether oxygens (including phenoxy) is 3. The monoisotopic (exact) mass is 216 g/mol. The van der Waals surface area contributed by atoms with Crippen molar-refractivity contribution in [2.75, 3.05) is 13.2 Å². The Hall–Kier alpha value is -1.10. The Bertz CT molecular complexity index is 238.